The van der Waals surface area contributed by atoms with Crippen molar-refractivity contribution in [2.24, 2.45) is 0 Å². The molecule has 0 atom stereocenters. The average molecular weight is 232 g/mol. The highest BCUT2D eigenvalue weighted by Gasteiger charge is 2.51. The summed E-state index contributed by atoms with van der Waals surface area (Å²) in [7, 11) is 0. The van der Waals surface area contributed by atoms with Crippen LogP contribution in [0, 0.1) is 0 Å². The molecule has 17 heavy (non-hydrogen) atoms. The van der Waals surface area contributed by atoms with Gasteiger partial charge in [-0.25, -0.2) is 4.79 Å². The maximum Gasteiger partial charge on any atom is 0.328 e. The normalized spacial score (nSPS) is 16.9. The summed E-state index contributed by atoms with van der Waals surface area (Å²) in [4.78, 5) is 21.4. The van der Waals surface area contributed by atoms with E-state index in [0.717, 1.165) is 17.2 Å². The first-order valence-corrected chi connectivity index (χ1v) is 5.29. The first kappa shape index (κ1) is 11.4. The quantitative estimate of drug-likeness (QED) is 0.777. The van der Waals surface area contributed by atoms with E-state index in [2.05, 4.69) is 0 Å². The fraction of sp³-hybridized carbons (Fsp3) is 0.231. The van der Waals surface area contributed by atoms with Gasteiger partial charge in [-0.15, -0.1) is 0 Å². The fourth-order valence-corrected chi connectivity index (χ4v) is 1.83. The Morgan fingerprint density at radius 2 is 1.71 bits per heavy atom. The van der Waals surface area contributed by atoms with Gasteiger partial charge >= 0.3 is 11.9 Å². The first-order chi connectivity index (χ1) is 8.04. The van der Waals surface area contributed by atoms with Gasteiger partial charge in [-0.2, -0.15) is 0 Å². The molecule has 1 aliphatic carbocycles. The standard InChI is InChI=1S/C13H12O4/c14-11(15)6-3-9-1-4-10(5-2-9)13(7-8-13)12(16)17/h1-6H,7-8H2,(H,14,15)(H,16,17). The lowest BCUT2D eigenvalue weighted by molar-refractivity contribution is -0.140. The summed E-state index contributed by atoms with van der Waals surface area (Å²) >= 11 is 0. The van der Waals surface area contributed by atoms with Gasteiger partial charge in [-0.3, -0.25) is 4.79 Å². The molecule has 0 spiro atoms. The lowest BCUT2D eigenvalue weighted by Gasteiger charge is -2.09. The van der Waals surface area contributed by atoms with E-state index in [1.165, 1.54) is 6.08 Å². The van der Waals surface area contributed by atoms with Crippen LogP contribution in [0.1, 0.15) is 24.0 Å². The SMILES string of the molecule is O=C(O)C=Cc1ccc(C2(C(=O)O)CC2)cc1. The van der Waals surface area contributed by atoms with Crippen molar-refractivity contribution in [3.63, 3.8) is 0 Å². The minimum absolute atomic E-state index is 0.673. The Kier molecular flexibility index (Phi) is 2.71. The van der Waals surface area contributed by atoms with Crippen LogP contribution in [-0.2, 0) is 15.0 Å². The van der Waals surface area contributed by atoms with Crippen LogP contribution in [0.5, 0.6) is 0 Å². The zero-order chi connectivity index (χ0) is 12.5. The number of carboxylic acids is 2. The first-order valence-electron chi connectivity index (χ1n) is 5.29. The summed E-state index contributed by atoms with van der Waals surface area (Å²) in [6.07, 6.45) is 3.88. The van der Waals surface area contributed by atoms with Crippen molar-refractivity contribution in [1.82, 2.24) is 0 Å². The predicted octanol–water partition coefficient (Wildman–Crippen LogP) is 1.90. The molecule has 1 aromatic rings. The van der Waals surface area contributed by atoms with Crippen LogP contribution in [0.4, 0.5) is 0 Å². The molecule has 0 amide bonds. The molecule has 0 bridgehead atoms. The molecule has 0 aliphatic heterocycles. The molecule has 4 heteroatoms. The highest BCUT2D eigenvalue weighted by atomic mass is 16.4. The van der Waals surface area contributed by atoms with E-state index in [-0.39, 0.29) is 0 Å². The molecule has 0 aromatic heterocycles. The predicted molar refractivity (Wildman–Crippen MR) is 61.7 cm³/mol. The highest BCUT2D eigenvalue weighted by molar-refractivity contribution is 5.86. The summed E-state index contributed by atoms with van der Waals surface area (Å²) in [5.74, 6) is -1.79. The third-order valence-electron chi connectivity index (χ3n) is 3.04. The summed E-state index contributed by atoms with van der Waals surface area (Å²) in [5, 5.41) is 17.6. The molecular formula is C13H12O4. The van der Waals surface area contributed by atoms with E-state index in [1.807, 2.05) is 0 Å². The second-order valence-electron chi connectivity index (χ2n) is 4.18. The molecule has 88 valence electrons. The number of benzene rings is 1. The van der Waals surface area contributed by atoms with Gasteiger partial charge in [-0.1, -0.05) is 24.3 Å². The molecular weight excluding hydrogens is 220 g/mol. The van der Waals surface area contributed by atoms with Crippen molar-refractivity contribution in [1.29, 1.82) is 0 Å². The van der Waals surface area contributed by atoms with Gasteiger partial charge < -0.3 is 10.2 Å². The Morgan fingerprint density at radius 1 is 1.12 bits per heavy atom. The van der Waals surface area contributed by atoms with Crippen molar-refractivity contribution in [3.8, 4) is 0 Å². The molecule has 2 N–H and O–H groups in total. The Labute approximate surface area is 98.2 Å². The van der Waals surface area contributed by atoms with Crippen molar-refractivity contribution >= 4 is 18.0 Å². The number of carbonyl (C=O) groups is 2. The van der Waals surface area contributed by atoms with Gasteiger partial charge in [-0.05, 0) is 30.0 Å². The van der Waals surface area contributed by atoms with Gasteiger partial charge in [0.05, 0.1) is 5.41 Å². The molecule has 1 fully saturated rings. The van der Waals surface area contributed by atoms with Crippen LogP contribution in [-0.4, -0.2) is 22.2 Å². The summed E-state index contributed by atoms with van der Waals surface area (Å²) in [6.45, 7) is 0. The highest BCUT2D eigenvalue weighted by Crippen LogP contribution is 2.48. The molecule has 0 radical (unpaired) electrons. The van der Waals surface area contributed by atoms with Crippen LogP contribution >= 0.6 is 0 Å². The molecule has 4 nitrogen and oxygen atoms in total. The number of carboxylic acid groups (broad SMARTS) is 2. The topological polar surface area (TPSA) is 74.6 Å². The van der Waals surface area contributed by atoms with Gasteiger partial charge in [0.15, 0.2) is 0 Å². The lowest BCUT2D eigenvalue weighted by atomic mass is 9.95. The van der Waals surface area contributed by atoms with Crippen LogP contribution in [0.25, 0.3) is 6.08 Å². The molecule has 1 saturated carbocycles. The maximum absolute atomic E-state index is 11.1. The van der Waals surface area contributed by atoms with E-state index < -0.39 is 17.4 Å². The Hall–Kier alpha value is -2.10. The fourth-order valence-electron chi connectivity index (χ4n) is 1.83. The van der Waals surface area contributed by atoms with Crippen LogP contribution < -0.4 is 0 Å². The van der Waals surface area contributed by atoms with Gasteiger partial charge in [0, 0.05) is 6.08 Å². The van der Waals surface area contributed by atoms with E-state index >= 15 is 0 Å². The molecule has 0 heterocycles. The zero-order valence-electron chi connectivity index (χ0n) is 9.09. The zero-order valence-corrected chi connectivity index (χ0v) is 9.09. The summed E-state index contributed by atoms with van der Waals surface area (Å²) in [6, 6.07) is 6.97. The molecule has 2 rings (SSSR count). The van der Waals surface area contributed by atoms with Crippen LogP contribution in [0.15, 0.2) is 30.3 Å². The number of hydrogen-bond acceptors (Lipinski definition) is 2. The number of hydrogen-bond donors (Lipinski definition) is 2. The van der Waals surface area contributed by atoms with Crippen LogP contribution in [0.3, 0.4) is 0 Å². The van der Waals surface area contributed by atoms with Crippen LogP contribution in [0.2, 0.25) is 0 Å². The minimum atomic E-state index is -1.00. The summed E-state index contributed by atoms with van der Waals surface area (Å²) in [5.41, 5.74) is 0.838. The second-order valence-corrected chi connectivity index (χ2v) is 4.18. The van der Waals surface area contributed by atoms with Crippen molar-refractivity contribution < 1.29 is 19.8 Å². The number of aliphatic carboxylic acids is 2. The third-order valence-corrected chi connectivity index (χ3v) is 3.04. The lowest BCUT2D eigenvalue weighted by Crippen LogP contribution is -2.19. The van der Waals surface area contributed by atoms with E-state index in [1.54, 1.807) is 24.3 Å². The van der Waals surface area contributed by atoms with Gasteiger partial charge in [0.1, 0.15) is 0 Å². The van der Waals surface area contributed by atoms with E-state index in [0.29, 0.717) is 12.8 Å². The Morgan fingerprint density at radius 3 is 2.12 bits per heavy atom. The van der Waals surface area contributed by atoms with Gasteiger partial charge in [0.2, 0.25) is 0 Å². The Balaban J connectivity index is 2.19. The third kappa shape index (κ3) is 2.20. The molecule has 1 aromatic carbocycles. The van der Waals surface area contributed by atoms with E-state index in [4.69, 9.17) is 10.2 Å². The average Bonchev–Trinajstić information content (AvgIpc) is 3.08. The minimum Gasteiger partial charge on any atom is -0.481 e. The molecule has 1 aliphatic rings. The smallest absolute Gasteiger partial charge is 0.328 e. The monoisotopic (exact) mass is 232 g/mol. The molecule has 0 saturated heterocycles. The molecule has 0 unspecified atom stereocenters. The van der Waals surface area contributed by atoms with Gasteiger partial charge in [0.25, 0.3) is 0 Å². The largest absolute Gasteiger partial charge is 0.481 e. The van der Waals surface area contributed by atoms with E-state index in [9.17, 15) is 9.59 Å². The maximum atomic E-state index is 11.1. The van der Waals surface area contributed by atoms with Crippen molar-refractivity contribution in [2.75, 3.05) is 0 Å². The van der Waals surface area contributed by atoms with Crippen molar-refractivity contribution in [2.45, 2.75) is 18.3 Å². The van der Waals surface area contributed by atoms with Crippen molar-refractivity contribution in [3.05, 3.63) is 41.5 Å². The Bertz CT molecular complexity index is 481. The summed E-state index contributed by atoms with van der Waals surface area (Å²) < 4.78 is 0. The second kappa shape index (κ2) is 4.05. The number of rotatable bonds is 4.